The third-order valence-electron chi connectivity index (χ3n) is 4.67. The normalized spacial score (nSPS) is 15.6. The van der Waals surface area contributed by atoms with Crippen LogP contribution >= 0.6 is 0 Å². The minimum Gasteiger partial charge on any atom is -0.307 e. The molecular formula is C19H17N3O4S. The summed E-state index contributed by atoms with van der Waals surface area (Å²) in [6, 6.07) is 14.0. The lowest BCUT2D eigenvalue weighted by molar-refractivity contribution is 0.441. The zero-order valence-electron chi connectivity index (χ0n) is 14.3. The molecule has 7 nitrogen and oxygen atoms in total. The predicted octanol–water partition coefficient (Wildman–Crippen LogP) is 1.69. The van der Waals surface area contributed by atoms with Crippen molar-refractivity contribution in [2.45, 2.75) is 11.3 Å². The Hall–Kier alpha value is -2.97. The molecule has 0 atom stereocenters. The van der Waals surface area contributed by atoms with Crippen LogP contribution in [0.2, 0.25) is 0 Å². The van der Waals surface area contributed by atoms with E-state index in [9.17, 15) is 18.0 Å². The SMILES string of the molecule is O=c1[nH]c(=O)c2cc(S(=O)(=O)N3CC=C(c4ccccc4)CC3)ccc2[nH]1. The zero-order chi connectivity index (χ0) is 19.0. The van der Waals surface area contributed by atoms with Gasteiger partial charge in [-0.15, -0.1) is 0 Å². The topological polar surface area (TPSA) is 103 Å². The van der Waals surface area contributed by atoms with Gasteiger partial charge in [-0.1, -0.05) is 36.4 Å². The Kier molecular flexibility index (Phi) is 4.29. The van der Waals surface area contributed by atoms with Gasteiger partial charge in [-0.05, 0) is 35.8 Å². The average Bonchev–Trinajstić information content (AvgIpc) is 2.68. The van der Waals surface area contributed by atoms with Gasteiger partial charge in [0.15, 0.2) is 0 Å². The molecule has 0 saturated carbocycles. The lowest BCUT2D eigenvalue weighted by Crippen LogP contribution is -2.34. The van der Waals surface area contributed by atoms with Crippen LogP contribution in [0.4, 0.5) is 0 Å². The fourth-order valence-electron chi connectivity index (χ4n) is 3.24. The van der Waals surface area contributed by atoms with Gasteiger partial charge in [0.25, 0.3) is 5.56 Å². The van der Waals surface area contributed by atoms with Gasteiger partial charge in [0.05, 0.1) is 15.8 Å². The van der Waals surface area contributed by atoms with Crippen LogP contribution < -0.4 is 11.2 Å². The molecule has 1 aromatic heterocycles. The third kappa shape index (κ3) is 3.24. The molecule has 2 N–H and O–H groups in total. The number of aromatic nitrogens is 2. The molecule has 27 heavy (non-hydrogen) atoms. The molecule has 2 heterocycles. The summed E-state index contributed by atoms with van der Waals surface area (Å²) in [4.78, 5) is 27.9. The first-order valence-electron chi connectivity index (χ1n) is 8.46. The van der Waals surface area contributed by atoms with Crippen molar-refractivity contribution in [1.82, 2.24) is 14.3 Å². The van der Waals surface area contributed by atoms with Gasteiger partial charge in [-0.3, -0.25) is 9.78 Å². The average molecular weight is 383 g/mol. The summed E-state index contributed by atoms with van der Waals surface area (Å²) in [5.41, 5.74) is 1.27. The van der Waals surface area contributed by atoms with Crippen LogP contribution in [0.3, 0.4) is 0 Å². The van der Waals surface area contributed by atoms with Crippen LogP contribution in [-0.4, -0.2) is 35.8 Å². The zero-order valence-corrected chi connectivity index (χ0v) is 15.1. The van der Waals surface area contributed by atoms with Gasteiger partial charge in [0.1, 0.15) is 0 Å². The Labute approximate surface area is 155 Å². The minimum absolute atomic E-state index is 0.0316. The first kappa shape index (κ1) is 17.4. The number of nitrogens with one attached hydrogen (secondary N) is 2. The van der Waals surface area contributed by atoms with Crippen molar-refractivity contribution in [2.24, 2.45) is 0 Å². The fourth-order valence-corrected chi connectivity index (χ4v) is 4.64. The Bertz CT molecular complexity index is 1260. The lowest BCUT2D eigenvalue weighted by atomic mass is 10.0. The summed E-state index contributed by atoms with van der Waals surface area (Å²) in [5, 5.41) is 0.133. The maximum absolute atomic E-state index is 13.0. The number of benzene rings is 2. The second-order valence-corrected chi connectivity index (χ2v) is 8.26. The van der Waals surface area contributed by atoms with Gasteiger partial charge < -0.3 is 4.98 Å². The molecule has 0 saturated heterocycles. The van der Waals surface area contributed by atoms with Crippen molar-refractivity contribution >= 4 is 26.5 Å². The highest BCUT2D eigenvalue weighted by Gasteiger charge is 2.26. The summed E-state index contributed by atoms with van der Waals surface area (Å²) in [6.07, 6.45) is 2.53. The smallest absolute Gasteiger partial charge is 0.307 e. The van der Waals surface area contributed by atoms with Crippen LogP contribution in [0, 0.1) is 0 Å². The molecule has 0 aliphatic carbocycles. The van der Waals surface area contributed by atoms with E-state index < -0.39 is 21.3 Å². The third-order valence-corrected chi connectivity index (χ3v) is 6.53. The maximum atomic E-state index is 13.0. The number of rotatable bonds is 3. The number of nitrogens with zero attached hydrogens (tertiary/aromatic N) is 1. The molecule has 0 spiro atoms. The molecule has 0 unspecified atom stereocenters. The molecule has 1 aliphatic heterocycles. The Morgan fingerprint density at radius 1 is 0.963 bits per heavy atom. The molecule has 0 fully saturated rings. The number of fused-ring (bicyclic) bond motifs is 1. The lowest BCUT2D eigenvalue weighted by Gasteiger charge is -2.26. The van der Waals surface area contributed by atoms with Crippen molar-refractivity contribution in [1.29, 1.82) is 0 Å². The van der Waals surface area contributed by atoms with E-state index in [4.69, 9.17) is 0 Å². The number of aromatic amines is 2. The first-order chi connectivity index (χ1) is 12.9. The van der Waals surface area contributed by atoms with Crippen LogP contribution in [-0.2, 0) is 10.0 Å². The van der Waals surface area contributed by atoms with Gasteiger partial charge in [-0.2, -0.15) is 4.31 Å². The van der Waals surface area contributed by atoms with Crippen LogP contribution in [0.15, 0.2) is 69.1 Å². The predicted molar refractivity (Wildman–Crippen MR) is 103 cm³/mol. The highest BCUT2D eigenvalue weighted by molar-refractivity contribution is 7.89. The highest BCUT2D eigenvalue weighted by atomic mass is 32.2. The maximum Gasteiger partial charge on any atom is 0.326 e. The van der Waals surface area contributed by atoms with E-state index in [1.54, 1.807) is 0 Å². The molecule has 0 bridgehead atoms. The highest BCUT2D eigenvalue weighted by Crippen LogP contribution is 2.26. The summed E-state index contributed by atoms with van der Waals surface area (Å²) in [5.74, 6) is 0. The van der Waals surface area contributed by atoms with Crippen molar-refractivity contribution < 1.29 is 8.42 Å². The van der Waals surface area contributed by atoms with Crippen LogP contribution in [0.25, 0.3) is 16.5 Å². The van der Waals surface area contributed by atoms with E-state index in [0.717, 1.165) is 11.1 Å². The first-order valence-corrected chi connectivity index (χ1v) is 9.90. The van der Waals surface area contributed by atoms with Gasteiger partial charge in [-0.25, -0.2) is 13.2 Å². The van der Waals surface area contributed by atoms with Gasteiger partial charge >= 0.3 is 5.69 Å². The molecular weight excluding hydrogens is 366 g/mol. The fraction of sp³-hybridized carbons (Fsp3) is 0.158. The molecule has 8 heteroatoms. The van der Waals surface area contributed by atoms with E-state index in [-0.39, 0.29) is 16.8 Å². The second kappa shape index (κ2) is 6.64. The Balaban J connectivity index is 1.66. The number of sulfonamides is 1. The van der Waals surface area contributed by atoms with Crippen molar-refractivity contribution in [3.63, 3.8) is 0 Å². The molecule has 2 aromatic carbocycles. The molecule has 0 radical (unpaired) electrons. The van der Waals surface area contributed by atoms with Gasteiger partial charge in [0, 0.05) is 13.1 Å². The van der Waals surface area contributed by atoms with Crippen molar-refractivity contribution in [2.75, 3.05) is 13.1 Å². The number of hydrogen-bond acceptors (Lipinski definition) is 4. The van der Waals surface area contributed by atoms with Gasteiger partial charge in [0.2, 0.25) is 10.0 Å². The van der Waals surface area contributed by atoms with Crippen molar-refractivity contribution in [3.05, 3.63) is 81.0 Å². The van der Waals surface area contributed by atoms with E-state index >= 15 is 0 Å². The van der Waals surface area contributed by atoms with E-state index in [0.29, 0.717) is 18.5 Å². The monoisotopic (exact) mass is 383 g/mol. The largest absolute Gasteiger partial charge is 0.326 e. The summed E-state index contributed by atoms with van der Waals surface area (Å²) in [7, 11) is -3.74. The van der Waals surface area contributed by atoms with Crippen LogP contribution in [0.5, 0.6) is 0 Å². The molecule has 4 rings (SSSR count). The minimum atomic E-state index is -3.74. The van der Waals surface area contributed by atoms with E-state index in [1.807, 2.05) is 36.4 Å². The quantitative estimate of drug-likeness (QED) is 0.718. The number of H-pyrrole nitrogens is 2. The molecule has 0 amide bonds. The summed E-state index contributed by atoms with van der Waals surface area (Å²) in [6.45, 7) is 0.635. The Morgan fingerprint density at radius 2 is 1.74 bits per heavy atom. The molecule has 138 valence electrons. The summed E-state index contributed by atoms with van der Waals surface area (Å²) >= 11 is 0. The van der Waals surface area contributed by atoms with E-state index in [1.165, 1.54) is 22.5 Å². The number of hydrogen-bond donors (Lipinski definition) is 2. The second-order valence-electron chi connectivity index (χ2n) is 6.32. The van der Waals surface area contributed by atoms with Crippen LogP contribution in [0.1, 0.15) is 12.0 Å². The van der Waals surface area contributed by atoms with E-state index in [2.05, 4.69) is 9.97 Å². The molecule has 1 aliphatic rings. The van der Waals surface area contributed by atoms with Crippen molar-refractivity contribution in [3.8, 4) is 0 Å². The molecule has 3 aromatic rings. The Morgan fingerprint density at radius 3 is 2.44 bits per heavy atom. The summed E-state index contributed by atoms with van der Waals surface area (Å²) < 4.78 is 27.3. The standard InChI is InChI=1S/C19H17N3O4S/c23-18-16-12-15(6-7-17(16)20-19(24)21-18)27(25,26)22-10-8-14(9-11-22)13-4-2-1-3-5-13/h1-8,12H,9-11H2,(H2,20,21,23,24).